The molecular weight excluding hydrogens is 334 g/mol. The van der Waals surface area contributed by atoms with Crippen molar-refractivity contribution in [2.24, 2.45) is 10.1 Å². The second-order valence-electron chi connectivity index (χ2n) is 5.40. The number of thiazole rings is 1. The second kappa shape index (κ2) is 7.36. The molecule has 6 heteroatoms. The summed E-state index contributed by atoms with van der Waals surface area (Å²) >= 11 is 1.54. The molecule has 0 atom stereocenters. The van der Waals surface area contributed by atoms with Crippen LogP contribution in [-0.2, 0) is 0 Å². The summed E-state index contributed by atoms with van der Waals surface area (Å²) in [6.45, 7) is 1.94. The fourth-order valence-electron chi connectivity index (χ4n) is 2.42. The van der Waals surface area contributed by atoms with Crippen LogP contribution in [0.4, 0.5) is 0 Å². The highest BCUT2D eigenvalue weighted by atomic mass is 32.1. The molecule has 3 rings (SSSR count). The zero-order chi connectivity index (χ0) is 17.8. The number of hydrogen-bond donors (Lipinski definition) is 1. The summed E-state index contributed by atoms with van der Waals surface area (Å²) in [4.78, 5) is 5.13. The van der Waals surface area contributed by atoms with Crippen molar-refractivity contribution in [3.05, 3.63) is 64.3 Å². The van der Waals surface area contributed by atoms with Crippen molar-refractivity contribution in [3.63, 3.8) is 0 Å². The highest BCUT2D eigenvalue weighted by molar-refractivity contribution is 7.07. The molecule has 128 valence electrons. The molecular formula is C19H19N3O2S. The maximum absolute atomic E-state index is 9.44. The largest absolute Gasteiger partial charge is 0.508 e. The van der Waals surface area contributed by atoms with Crippen molar-refractivity contribution >= 4 is 17.0 Å². The first-order valence-electron chi connectivity index (χ1n) is 7.75. The van der Waals surface area contributed by atoms with Crippen LogP contribution >= 0.6 is 11.3 Å². The molecule has 0 aliphatic heterocycles. The van der Waals surface area contributed by atoms with E-state index in [-0.39, 0.29) is 5.75 Å². The van der Waals surface area contributed by atoms with Gasteiger partial charge in [0.1, 0.15) is 11.5 Å². The highest BCUT2D eigenvalue weighted by Gasteiger charge is 2.09. The minimum absolute atomic E-state index is 0.239. The number of aromatic hydroxyl groups is 1. The lowest BCUT2D eigenvalue weighted by molar-refractivity contribution is 0.415. The van der Waals surface area contributed by atoms with Crippen molar-refractivity contribution < 1.29 is 9.84 Å². The predicted octanol–water partition coefficient (Wildman–Crippen LogP) is 3.73. The molecule has 0 amide bonds. The molecule has 1 N–H and O–H groups in total. The van der Waals surface area contributed by atoms with Gasteiger partial charge in [-0.2, -0.15) is 5.10 Å². The lowest BCUT2D eigenvalue weighted by Gasteiger charge is -2.07. The van der Waals surface area contributed by atoms with Crippen LogP contribution in [-0.4, -0.2) is 29.7 Å². The van der Waals surface area contributed by atoms with Crippen LogP contribution in [0.15, 0.2) is 64.0 Å². The SMILES string of the molecule is CN=c1scc(-c2ccc(OC)cc2)n1N=C(C)c1ccc(O)cc1. The smallest absolute Gasteiger partial charge is 0.205 e. The fraction of sp³-hybridized carbons (Fsp3) is 0.158. The third-order valence-corrected chi connectivity index (χ3v) is 4.70. The predicted molar refractivity (Wildman–Crippen MR) is 101 cm³/mol. The summed E-state index contributed by atoms with van der Waals surface area (Å²) in [6, 6.07) is 14.9. The molecule has 0 aliphatic carbocycles. The topological polar surface area (TPSA) is 59.1 Å². The number of ether oxygens (including phenoxy) is 1. The van der Waals surface area contributed by atoms with Gasteiger partial charge in [0.25, 0.3) is 0 Å². The molecule has 3 aromatic rings. The summed E-state index contributed by atoms with van der Waals surface area (Å²) in [7, 11) is 3.41. The van der Waals surface area contributed by atoms with E-state index >= 15 is 0 Å². The Morgan fingerprint density at radius 1 is 1.08 bits per heavy atom. The Bertz CT molecular complexity index is 952. The Morgan fingerprint density at radius 3 is 2.36 bits per heavy atom. The molecule has 5 nitrogen and oxygen atoms in total. The molecule has 1 heterocycles. The Kier molecular flexibility index (Phi) is 5.00. The van der Waals surface area contributed by atoms with E-state index in [0.717, 1.165) is 33.1 Å². The minimum atomic E-state index is 0.239. The van der Waals surface area contributed by atoms with Crippen LogP contribution in [0.2, 0.25) is 0 Å². The van der Waals surface area contributed by atoms with Gasteiger partial charge < -0.3 is 9.84 Å². The molecule has 0 aliphatic rings. The van der Waals surface area contributed by atoms with Gasteiger partial charge in [-0.1, -0.05) is 0 Å². The second-order valence-corrected chi connectivity index (χ2v) is 6.24. The van der Waals surface area contributed by atoms with E-state index < -0.39 is 0 Å². The summed E-state index contributed by atoms with van der Waals surface area (Å²) in [6.07, 6.45) is 0. The van der Waals surface area contributed by atoms with Crippen molar-refractivity contribution in [2.45, 2.75) is 6.92 Å². The van der Waals surface area contributed by atoms with Crippen LogP contribution in [0.25, 0.3) is 11.3 Å². The van der Waals surface area contributed by atoms with Gasteiger partial charge in [-0.15, -0.1) is 11.3 Å². The molecule has 1 aromatic heterocycles. The Hall–Kier alpha value is -2.86. The van der Waals surface area contributed by atoms with E-state index in [9.17, 15) is 5.11 Å². The molecule has 0 radical (unpaired) electrons. The normalized spacial score (nSPS) is 12.4. The van der Waals surface area contributed by atoms with Crippen LogP contribution in [0, 0.1) is 0 Å². The Balaban J connectivity index is 2.07. The molecule has 0 fully saturated rings. The van der Waals surface area contributed by atoms with Crippen LogP contribution in [0.1, 0.15) is 12.5 Å². The van der Waals surface area contributed by atoms with Crippen molar-refractivity contribution in [1.29, 1.82) is 0 Å². The summed E-state index contributed by atoms with van der Waals surface area (Å²) in [5.41, 5.74) is 3.78. The maximum Gasteiger partial charge on any atom is 0.205 e. The number of hydrogen-bond acceptors (Lipinski definition) is 5. The fourth-order valence-corrected chi connectivity index (χ4v) is 3.22. The minimum Gasteiger partial charge on any atom is -0.508 e. The zero-order valence-electron chi connectivity index (χ0n) is 14.3. The molecule has 0 saturated heterocycles. The monoisotopic (exact) mass is 353 g/mol. The average molecular weight is 353 g/mol. The van der Waals surface area contributed by atoms with Gasteiger partial charge >= 0.3 is 0 Å². The lowest BCUT2D eigenvalue weighted by atomic mass is 10.1. The van der Waals surface area contributed by atoms with Gasteiger partial charge in [0.05, 0.1) is 18.5 Å². The standard InChI is InChI=1S/C19H19N3O2S/c1-13(14-4-8-16(23)9-5-14)21-22-18(12-25-19(22)20-2)15-6-10-17(24-3)11-7-15/h4-12,23H,1-3H3. The molecule has 0 unspecified atom stereocenters. The van der Waals surface area contributed by atoms with E-state index in [1.807, 2.05) is 53.4 Å². The third-order valence-electron chi connectivity index (χ3n) is 3.80. The summed E-state index contributed by atoms with van der Waals surface area (Å²) in [5, 5.41) is 16.2. The number of rotatable bonds is 4. The maximum atomic E-state index is 9.44. The highest BCUT2D eigenvalue weighted by Crippen LogP contribution is 2.23. The first-order chi connectivity index (χ1) is 12.1. The van der Waals surface area contributed by atoms with Crippen LogP contribution < -0.4 is 9.54 Å². The first-order valence-corrected chi connectivity index (χ1v) is 8.63. The zero-order valence-corrected chi connectivity index (χ0v) is 15.1. The average Bonchev–Trinajstić information content (AvgIpc) is 3.05. The lowest BCUT2D eigenvalue weighted by Crippen LogP contribution is -2.13. The molecule has 2 aromatic carbocycles. The van der Waals surface area contributed by atoms with E-state index in [4.69, 9.17) is 9.84 Å². The first kappa shape index (κ1) is 17.0. The number of nitrogens with zero attached hydrogens (tertiary/aromatic N) is 3. The van der Waals surface area contributed by atoms with Crippen molar-refractivity contribution in [1.82, 2.24) is 4.68 Å². The molecule has 0 bridgehead atoms. The van der Waals surface area contributed by atoms with Gasteiger partial charge in [0.2, 0.25) is 4.80 Å². The van der Waals surface area contributed by atoms with Gasteiger partial charge in [-0.3, -0.25) is 4.99 Å². The molecule has 25 heavy (non-hydrogen) atoms. The van der Waals surface area contributed by atoms with Crippen LogP contribution in [0.3, 0.4) is 0 Å². The van der Waals surface area contributed by atoms with E-state index in [1.165, 1.54) is 11.3 Å². The quantitative estimate of drug-likeness (QED) is 0.727. The number of phenolic OH excluding ortho intramolecular Hbond substituents is 1. The number of methoxy groups -OCH3 is 1. The van der Waals surface area contributed by atoms with Gasteiger partial charge in [0, 0.05) is 18.0 Å². The number of phenols is 1. The van der Waals surface area contributed by atoms with Gasteiger partial charge in [-0.05, 0) is 61.0 Å². The molecule has 0 spiro atoms. The molecule has 0 saturated carbocycles. The summed E-state index contributed by atoms with van der Waals surface area (Å²) < 4.78 is 7.06. The third kappa shape index (κ3) is 3.64. The Labute approximate surface area is 150 Å². The number of benzene rings is 2. The summed E-state index contributed by atoms with van der Waals surface area (Å²) in [5.74, 6) is 1.05. The van der Waals surface area contributed by atoms with E-state index in [1.54, 1.807) is 26.3 Å². The van der Waals surface area contributed by atoms with E-state index in [2.05, 4.69) is 4.99 Å². The number of aromatic nitrogens is 1. The van der Waals surface area contributed by atoms with Crippen LogP contribution in [0.5, 0.6) is 11.5 Å². The van der Waals surface area contributed by atoms with E-state index in [0.29, 0.717) is 0 Å². The van der Waals surface area contributed by atoms with Gasteiger partial charge in [-0.25, -0.2) is 4.68 Å². The van der Waals surface area contributed by atoms with Crippen molar-refractivity contribution in [3.8, 4) is 22.8 Å². The van der Waals surface area contributed by atoms with Crippen molar-refractivity contribution in [2.75, 3.05) is 14.2 Å². The Morgan fingerprint density at radius 2 is 1.76 bits per heavy atom. The van der Waals surface area contributed by atoms with Gasteiger partial charge in [0.15, 0.2) is 0 Å².